The molecule has 0 spiro atoms. The molecule has 1 aliphatic carbocycles. The number of guanidine groups is 1. The lowest BCUT2D eigenvalue weighted by molar-refractivity contribution is 0.250. The first-order valence-electron chi connectivity index (χ1n) is 10.4. The summed E-state index contributed by atoms with van der Waals surface area (Å²) in [4.78, 5) is 16.1. The number of urea groups is 1. The van der Waals surface area contributed by atoms with E-state index in [0.717, 1.165) is 48.6 Å². The molecule has 4 N–H and O–H groups in total. The molecule has 0 bridgehead atoms. The summed E-state index contributed by atoms with van der Waals surface area (Å²) in [6.07, 6.45) is 4.17. The fourth-order valence-electron chi connectivity index (χ4n) is 3.46. The van der Waals surface area contributed by atoms with Crippen molar-refractivity contribution in [1.82, 2.24) is 16.0 Å². The summed E-state index contributed by atoms with van der Waals surface area (Å²) in [5, 5.41) is 12.7. The molecule has 9 heteroatoms. The fraction of sp³-hybridized carbons (Fsp3) is 0.619. The Hall–Kier alpha value is -1.36. The average molecular weight is 550 g/mol. The summed E-state index contributed by atoms with van der Waals surface area (Å²) >= 11 is 0. The number of benzene rings is 1. The first-order valence-corrected chi connectivity index (χ1v) is 11.8. The van der Waals surface area contributed by atoms with Crippen molar-refractivity contribution < 1.29 is 9.00 Å². The monoisotopic (exact) mass is 549 g/mol. The predicted octanol–water partition coefficient (Wildman–Crippen LogP) is 3.58. The molecule has 3 unspecified atom stereocenters. The maximum absolute atomic E-state index is 12.1. The highest BCUT2D eigenvalue weighted by molar-refractivity contribution is 14.0. The summed E-state index contributed by atoms with van der Waals surface area (Å²) in [6.45, 7) is 6.47. The quantitative estimate of drug-likeness (QED) is 0.238. The molecule has 0 radical (unpaired) electrons. The van der Waals surface area contributed by atoms with Crippen molar-refractivity contribution in [2.45, 2.75) is 70.3 Å². The zero-order valence-electron chi connectivity index (χ0n) is 18.4. The van der Waals surface area contributed by atoms with Gasteiger partial charge in [0.1, 0.15) is 0 Å². The summed E-state index contributed by atoms with van der Waals surface area (Å²) in [7, 11) is 1.03. The molecular formula is C21H36IN5O2S. The zero-order chi connectivity index (χ0) is 21.2. The van der Waals surface area contributed by atoms with Gasteiger partial charge in [0.05, 0.1) is 0 Å². The normalized spacial score (nSPS) is 20.1. The minimum atomic E-state index is -0.729. The Kier molecular flexibility index (Phi) is 12.3. The molecule has 1 fully saturated rings. The number of hydrogen-bond acceptors (Lipinski definition) is 3. The second kappa shape index (κ2) is 13.8. The van der Waals surface area contributed by atoms with Gasteiger partial charge in [-0.05, 0) is 50.8 Å². The van der Waals surface area contributed by atoms with Gasteiger partial charge in [-0.3, -0.25) is 9.20 Å². The molecule has 2 amide bonds. The molecule has 3 atom stereocenters. The zero-order valence-corrected chi connectivity index (χ0v) is 21.5. The molecule has 170 valence electrons. The van der Waals surface area contributed by atoms with Gasteiger partial charge in [-0.15, -0.1) is 24.0 Å². The Labute approximate surface area is 200 Å². The highest BCUT2D eigenvalue weighted by atomic mass is 127. The van der Waals surface area contributed by atoms with E-state index in [-0.39, 0.29) is 41.3 Å². The smallest absolute Gasteiger partial charge is 0.319 e. The van der Waals surface area contributed by atoms with Crippen LogP contribution in [0.3, 0.4) is 0 Å². The molecule has 1 aliphatic rings. The number of nitrogens with zero attached hydrogens (tertiary/aromatic N) is 1. The first-order chi connectivity index (χ1) is 13.9. The number of amides is 2. The second-order valence-corrected chi connectivity index (χ2v) is 9.68. The third-order valence-corrected chi connectivity index (χ3v) is 6.68. The second-order valence-electron chi connectivity index (χ2n) is 7.68. The van der Waals surface area contributed by atoms with E-state index in [4.69, 9.17) is 0 Å². The standard InChI is InChI=1S/C21H35N5O2S.HI/c1-5-29(28)19-8-6-7-18(13-19)25-20(22-4)23-14-16-9-11-17(12-10-16)26-21(27)24-15(2)3;/h9-12,15,18-19H,5-8,13-14H2,1-4H3,(H2,22,23,25)(H2,24,26,27);1H. The lowest BCUT2D eigenvalue weighted by Gasteiger charge is -2.30. The lowest BCUT2D eigenvalue weighted by atomic mass is 9.95. The third kappa shape index (κ3) is 9.20. The van der Waals surface area contributed by atoms with Crippen LogP contribution in [0.2, 0.25) is 0 Å². The van der Waals surface area contributed by atoms with E-state index in [1.165, 1.54) is 0 Å². The number of aliphatic imine (C=N–C) groups is 1. The minimum Gasteiger partial charge on any atom is -0.354 e. The van der Waals surface area contributed by atoms with E-state index in [2.05, 4.69) is 26.3 Å². The van der Waals surface area contributed by atoms with E-state index >= 15 is 0 Å². The molecule has 7 nitrogen and oxygen atoms in total. The average Bonchev–Trinajstić information content (AvgIpc) is 2.71. The van der Waals surface area contributed by atoms with Crippen LogP contribution in [-0.4, -0.2) is 46.3 Å². The highest BCUT2D eigenvalue weighted by Gasteiger charge is 2.26. The summed E-state index contributed by atoms with van der Waals surface area (Å²) < 4.78 is 12.1. The highest BCUT2D eigenvalue weighted by Crippen LogP contribution is 2.23. The van der Waals surface area contributed by atoms with Gasteiger partial charge in [0.2, 0.25) is 0 Å². The van der Waals surface area contributed by atoms with Gasteiger partial charge in [-0.25, -0.2) is 4.79 Å². The van der Waals surface area contributed by atoms with E-state index in [1.807, 2.05) is 45.0 Å². The summed E-state index contributed by atoms with van der Waals surface area (Å²) in [5.74, 6) is 1.49. The lowest BCUT2D eigenvalue weighted by Crippen LogP contribution is -2.46. The maximum Gasteiger partial charge on any atom is 0.319 e. The summed E-state index contributed by atoms with van der Waals surface area (Å²) in [6, 6.07) is 7.93. The Morgan fingerprint density at radius 2 is 1.93 bits per heavy atom. The van der Waals surface area contributed by atoms with Gasteiger partial charge in [0.25, 0.3) is 0 Å². The van der Waals surface area contributed by atoms with Crippen molar-refractivity contribution in [3.63, 3.8) is 0 Å². The predicted molar refractivity (Wildman–Crippen MR) is 137 cm³/mol. The number of hydrogen-bond donors (Lipinski definition) is 4. The number of carbonyl (C=O) groups excluding carboxylic acids is 1. The molecule has 1 aromatic rings. The van der Waals surface area contributed by atoms with Gasteiger partial charge in [0, 0.05) is 53.2 Å². The van der Waals surface area contributed by atoms with Crippen molar-refractivity contribution in [1.29, 1.82) is 0 Å². The number of rotatable bonds is 7. The van der Waals surface area contributed by atoms with Crippen molar-refractivity contribution in [3.05, 3.63) is 29.8 Å². The Bertz CT molecular complexity index is 712. The van der Waals surface area contributed by atoms with Gasteiger partial charge in [0.15, 0.2) is 5.96 Å². The van der Waals surface area contributed by atoms with Crippen LogP contribution >= 0.6 is 24.0 Å². The van der Waals surface area contributed by atoms with E-state index in [1.54, 1.807) is 7.05 Å². The van der Waals surface area contributed by atoms with Crippen LogP contribution in [0, 0.1) is 0 Å². The third-order valence-electron chi connectivity index (χ3n) is 4.94. The number of anilines is 1. The SMILES string of the molecule is CCS(=O)C1CCCC(NC(=NC)NCc2ccc(NC(=O)NC(C)C)cc2)C1.I. The molecule has 0 aliphatic heterocycles. The van der Waals surface area contributed by atoms with Crippen molar-refractivity contribution >= 4 is 52.5 Å². The van der Waals surface area contributed by atoms with Crippen LogP contribution in [-0.2, 0) is 17.3 Å². The van der Waals surface area contributed by atoms with Crippen LogP contribution in [0.15, 0.2) is 29.3 Å². The van der Waals surface area contributed by atoms with Crippen LogP contribution < -0.4 is 21.3 Å². The van der Waals surface area contributed by atoms with E-state index in [0.29, 0.717) is 12.6 Å². The van der Waals surface area contributed by atoms with E-state index < -0.39 is 10.8 Å². The molecule has 1 aromatic carbocycles. The number of halogens is 1. The van der Waals surface area contributed by atoms with Gasteiger partial charge < -0.3 is 21.3 Å². The first kappa shape index (κ1) is 26.7. The molecule has 0 heterocycles. The Balaban J connectivity index is 0.00000450. The van der Waals surface area contributed by atoms with Crippen molar-refractivity contribution in [3.8, 4) is 0 Å². The number of carbonyl (C=O) groups is 1. The topological polar surface area (TPSA) is 94.6 Å². The summed E-state index contributed by atoms with van der Waals surface area (Å²) in [5.41, 5.74) is 1.85. The minimum absolute atomic E-state index is 0. The van der Waals surface area contributed by atoms with Gasteiger partial charge in [-0.2, -0.15) is 0 Å². The fourth-order valence-corrected chi connectivity index (χ4v) is 4.81. The molecular weight excluding hydrogens is 513 g/mol. The van der Waals surface area contributed by atoms with Gasteiger partial charge in [-0.1, -0.05) is 25.5 Å². The van der Waals surface area contributed by atoms with Crippen LogP contribution in [0.5, 0.6) is 0 Å². The van der Waals surface area contributed by atoms with Crippen molar-refractivity contribution in [2.24, 2.45) is 4.99 Å². The van der Waals surface area contributed by atoms with Crippen LogP contribution in [0.25, 0.3) is 0 Å². The largest absolute Gasteiger partial charge is 0.354 e. The Morgan fingerprint density at radius 1 is 1.23 bits per heavy atom. The molecule has 1 saturated carbocycles. The van der Waals surface area contributed by atoms with Crippen molar-refractivity contribution in [2.75, 3.05) is 18.1 Å². The van der Waals surface area contributed by atoms with E-state index in [9.17, 15) is 9.00 Å². The Morgan fingerprint density at radius 3 is 2.53 bits per heavy atom. The molecule has 0 aromatic heterocycles. The molecule has 2 rings (SSSR count). The van der Waals surface area contributed by atoms with Gasteiger partial charge >= 0.3 is 6.03 Å². The van der Waals surface area contributed by atoms with Crippen LogP contribution in [0.4, 0.5) is 10.5 Å². The maximum atomic E-state index is 12.1. The molecule has 0 saturated heterocycles. The van der Waals surface area contributed by atoms with Crippen LogP contribution in [0.1, 0.15) is 52.0 Å². The molecule has 30 heavy (non-hydrogen) atoms. The number of nitrogens with one attached hydrogen (secondary N) is 4.